The van der Waals surface area contributed by atoms with E-state index in [1.54, 1.807) is 12.3 Å². The van der Waals surface area contributed by atoms with E-state index in [9.17, 15) is 9.18 Å². The molecule has 2 N–H and O–H groups in total. The van der Waals surface area contributed by atoms with Crippen molar-refractivity contribution < 1.29 is 13.9 Å². The van der Waals surface area contributed by atoms with Gasteiger partial charge in [-0.2, -0.15) is 0 Å². The molecule has 2 saturated heterocycles. The predicted octanol–water partition coefficient (Wildman–Crippen LogP) is 3.60. The number of benzene rings is 1. The van der Waals surface area contributed by atoms with Crippen LogP contribution in [-0.4, -0.2) is 54.2 Å². The predicted molar refractivity (Wildman–Crippen MR) is 119 cm³/mol. The van der Waals surface area contributed by atoms with Crippen LogP contribution in [0.2, 0.25) is 0 Å². The topological polar surface area (TPSA) is 66.5 Å². The van der Waals surface area contributed by atoms with Gasteiger partial charge in [0, 0.05) is 34.8 Å². The van der Waals surface area contributed by atoms with E-state index in [1.165, 1.54) is 17.4 Å². The van der Waals surface area contributed by atoms with Gasteiger partial charge in [-0.25, -0.2) is 9.37 Å². The minimum Gasteiger partial charge on any atom is -0.373 e. The van der Waals surface area contributed by atoms with Crippen LogP contribution in [0.5, 0.6) is 0 Å². The lowest BCUT2D eigenvalue weighted by Crippen LogP contribution is -2.47. The Balaban J connectivity index is 1.52. The Kier molecular flexibility index (Phi) is 5.14. The summed E-state index contributed by atoms with van der Waals surface area (Å²) in [6.07, 6.45) is 1.71. The van der Waals surface area contributed by atoms with Crippen molar-refractivity contribution in [2.75, 3.05) is 31.6 Å². The first-order valence-corrected chi connectivity index (χ1v) is 11.2. The van der Waals surface area contributed by atoms with Gasteiger partial charge in [-0.15, -0.1) is 0 Å². The zero-order valence-electron chi connectivity index (χ0n) is 15.3. The normalized spacial score (nSPS) is 21.4. The maximum atomic E-state index is 14.4. The first kappa shape index (κ1) is 19.2. The number of rotatable bonds is 3. The van der Waals surface area contributed by atoms with Crippen molar-refractivity contribution in [3.63, 3.8) is 0 Å². The van der Waals surface area contributed by atoms with Crippen LogP contribution in [0, 0.1) is 9.39 Å². The lowest BCUT2D eigenvalue weighted by atomic mass is 10.1. The van der Waals surface area contributed by atoms with Crippen LogP contribution >= 0.6 is 33.9 Å². The number of morpholine rings is 1. The van der Waals surface area contributed by atoms with Gasteiger partial charge < -0.3 is 20.3 Å². The van der Waals surface area contributed by atoms with Crippen molar-refractivity contribution in [3.05, 3.63) is 51.5 Å². The van der Waals surface area contributed by atoms with E-state index in [0.717, 1.165) is 20.3 Å². The Labute approximate surface area is 184 Å². The van der Waals surface area contributed by atoms with Gasteiger partial charge in [0.15, 0.2) is 0 Å². The number of nitrogens with zero attached hydrogens (tertiary/aromatic N) is 2. The Hall–Kier alpha value is -1.82. The molecule has 0 radical (unpaired) electrons. The van der Waals surface area contributed by atoms with Crippen molar-refractivity contribution in [1.29, 1.82) is 0 Å². The molecule has 3 aromatic rings. The first-order chi connectivity index (χ1) is 14.1. The first-order valence-electron chi connectivity index (χ1n) is 9.34. The van der Waals surface area contributed by atoms with Gasteiger partial charge in [0.25, 0.3) is 5.91 Å². The third-order valence-electron chi connectivity index (χ3n) is 5.25. The number of hydrogen-bond acceptors (Lipinski definition) is 6. The average molecular weight is 524 g/mol. The maximum absolute atomic E-state index is 14.4. The molecule has 2 aliphatic rings. The van der Waals surface area contributed by atoms with Gasteiger partial charge in [-0.1, -0.05) is 11.3 Å². The number of ether oxygens (including phenoxy) is 1. The Bertz CT molecular complexity index is 1080. The van der Waals surface area contributed by atoms with E-state index in [4.69, 9.17) is 4.74 Å². The van der Waals surface area contributed by atoms with Crippen LogP contribution in [0.3, 0.4) is 0 Å². The van der Waals surface area contributed by atoms with Crippen molar-refractivity contribution in [3.8, 4) is 0 Å². The number of carbonyl (C=O) groups is 1. The molecule has 9 heteroatoms. The number of nitrogens with one attached hydrogen (secondary N) is 2. The molecule has 6 nitrogen and oxygen atoms in total. The number of anilines is 2. The summed E-state index contributed by atoms with van der Waals surface area (Å²) in [6.45, 7) is 2.60. The number of likely N-dealkylation sites (tertiary alicyclic amines) is 1. The fourth-order valence-corrected chi connectivity index (χ4v) is 5.36. The molecule has 0 saturated carbocycles. The van der Waals surface area contributed by atoms with Crippen LogP contribution in [0.15, 0.2) is 36.5 Å². The molecule has 29 heavy (non-hydrogen) atoms. The number of carbonyl (C=O) groups excluding carboxylic acids is 1. The molecule has 0 bridgehead atoms. The summed E-state index contributed by atoms with van der Waals surface area (Å²) in [7, 11) is 0. The lowest BCUT2D eigenvalue weighted by molar-refractivity contribution is 0.0176. The number of halogens is 2. The minimum atomic E-state index is -0.356. The van der Waals surface area contributed by atoms with Gasteiger partial charge in [0.2, 0.25) is 0 Å². The highest BCUT2D eigenvalue weighted by atomic mass is 127. The molecular formula is C20H18FIN4O2S. The fourth-order valence-electron chi connectivity index (χ4n) is 3.86. The third-order valence-corrected chi connectivity index (χ3v) is 6.95. The van der Waals surface area contributed by atoms with Crippen LogP contribution in [0.1, 0.15) is 10.4 Å². The van der Waals surface area contributed by atoms with E-state index in [0.29, 0.717) is 35.9 Å². The van der Waals surface area contributed by atoms with Crippen molar-refractivity contribution in [2.45, 2.75) is 12.1 Å². The number of thiophene rings is 1. The average Bonchev–Trinajstić information content (AvgIpc) is 3.30. The molecule has 0 spiro atoms. The molecule has 2 atom stereocenters. The summed E-state index contributed by atoms with van der Waals surface area (Å²) in [4.78, 5) is 20.5. The fraction of sp³-hybridized carbons (Fsp3) is 0.300. The molecular weight excluding hydrogens is 506 g/mol. The summed E-state index contributed by atoms with van der Waals surface area (Å²) >= 11 is 3.43. The number of hydrogen-bond donors (Lipinski definition) is 2. The van der Waals surface area contributed by atoms with Crippen molar-refractivity contribution >= 4 is 60.7 Å². The standard InChI is InChI=1S/C20H18FIN4O2S/c21-13-8-11(22)3-4-14(13)25-19-17(12-2-1-5-24-18(12)29-19)20(27)26-9-15-16(10-26)28-7-6-23-15/h1-5,8,15-16,23,25H,6-7,9-10H2/t15-,16+/m0/s1. The summed E-state index contributed by atoms with van der Waals surface area (Å²) in [5.41, 5.74) is 0.876. The van der Waals surface area contributed by atoms with Crippen LogP contribution in [-0.2, 0) is 4.74 Å². The molecule has 1 amide bonds. The molecule has 2 aromatic heterocycles. The Morgan fingerprint density at radius 3 is 3.10 bits per heavy atom. The van der Waals surface area contributed by atoms with E-state index >= 15 is 0 Å². The smallest absolute Gasteiger partial charge is 0.257 e. The zero-order chi connectivity index (χ0) is 20.0. The highest BCUT2D eigenvalue weighted by molar-refractivity contribution is 14.1. The van der Waals surface area contributed by atoms with Crippen molar-refractivity contribution in [2.24, 2.45) is 0 Å². The summed E-state index contributed by atoms with van der Waals surface area (Å²) in [5, 5.41) is 7.93. The highest BCUT2D eigenvalue weighted by Crippen LogP contribution is 2.38. The SMILES string of the molecule is O=C(c1c(Nc2ccc(I)cc2F)sc2ncccc12)N1C[C@@H]2NCCO[C@@H]2C1. The van der Waals surface area contributed by atoms with E-state index in [2.05, 4.69) is 38.2 Å². The molecule has 0 unspecified atom stereocenters. The van der Waals surface area contributed by atoms with E-state index in [1.807, 2.05) is 23.1 Å². The quantitative estimate of drug-likeness (QED) is 0.513. The minimum absolute atomic E-state index is 0.0146. The largest absolute Gasteiger partial charge is 0.373 e. The second-order valence-electron chi connectivity index (χ2n) is 7.09. The number of amides is 1. The molecule has 2 aliphatic heterocycles. The molecule has 2 fully saturated rings. The van der Waals surface area contributed by atoms with E-state index < -0.39 is 0 Å². The molecule has 5 rings (SSSR count). The van der Waals surface area contributed by atoms with Crippen LogP contribution in [0.25, 0.3) is 10.2 Å². The Morgan fingerprint density at radius 2 is 2.28 bits per heavy atom. The van der Waals surface area contributed by atoms with Crippen molar-refractivity contribution in [1.82, 2.24) is 15.2 Å². The van der Waals surface area contributed by atoms with Crippen LogP contribution < -0.4 is 10.6 Å². The summed E-state index contributed by atoms with van der Waals surface area (Å²) < 4.78 is 21.0. The molecule has 150 valence electrons. The van der Waals surface area contributed by atoms with Gasteiger partial charge in [0.05, 0.1) is 30.0 Å². The van der Waals surface area contributed by atoms with Gasteiger partial charge in [-0.05, 0) is 52.9 Å². The van der Waals surface area contributed by atoms with Gasteiger partial charge in [0.1, 0.15) is 15.6 Å². The maximum Gasteiger partial charge on any atom is 0.257 e. The Morgan fingerprint density at radius 1 is 1.38 bits per heavy atom. The number of pyridine rings is 1. The van der Waals surface area contributed by atoms with Gasteiger partial charge in [-0.3, -0.25) is 4.79 Å². The second-order valence-corrected chi connectivity index (χ2v) is 9.34. The van der Waals surface area contributed by atoms with Crippen LogP contribution in [0.4, 0.5) is 15.1 Å². The molecule has 4 heterocycles. The van der Waals surface area contributed by atoms with Gasteiger partial charge >= 0.3 is 0 Å². The van der Waals surface area contributed by atoms with E-state index in [-0.39, 0.29) is 23.9 Å². The number of aromatic nitrogens is 1. The molecule has 0 aliphatic carbocycles. The zero-order valence-corrected chi connectivity index (χ0v) is 18.3. The molecule has 1 aromatic carbocycles. The summed E-state index contributed by atoms with van der Waals surface area (Å²) in [5.74, 6) is -0.442. The summed E-state index contributed by atoms with van der Waals surface area (Å²) in [6, 6.07) is 8.83. The number of fused-ring (bicyclic) bond motifs is 2. The second kappa shape index (κ2) is 7.78. The highest BCUT2D eigenvalue weighted by Gasteiger charge is 2.39. The monoisotopic (exact) mass is 524 g/mol. The lowest BCUT2D eigenvalue weighted by Gasteiger charge is -2.25. The third kappa shape index (κ3) is 3.60.